The summed E-state index contributed by atoms with van der Waals surface area (Å²) in [5, 5.41) is 7.20. The van der Waals surface area contributed by atoms with Crippen molar-refractivity contribution in [1.82, 2.24) is 9.78 Å². The second-order valence-electron chi connectivity index (χ2n) is 9.41. The standard InChI is InChI=1S/C31H29N3O3/c1-31(2,24-11-7-4-8-12-24)25-13-15-26(16-14-25)36-22-27-17-18-28(37-27)30(35)32-29-19-20-34(33-29)21-23-9-5-3-6-10-23/h3-20H,21-22H2,1-2H3,(H,32,33,35). The van der Waals surface area contributed by atoms with Gasteiger partial charge in [0.25, 0.3) is 5.91 Å². The molecule has 0 aliphatic rings. The van der Waals surface area contributed by atoms with E-state index in [0.29, 0.717) is 18.1 Å². The molecule has 6 heteroatoms. The third-order valence-corrected chi connectivity index (χ3v) is 6.41. The minimum Gasteiger partial charge on any atom is -0.486 e. The van der Waals surface area contributed by atoms with Crippen molar-refractivity contribution in [3.8, 4) is 5.75 Å². The highest BCUT2D eigenvalue weighted by molar-refractivity contribution is 6.01. The average molecular weight is 492 g/mol. The molecule has 1 N–H and O–H groups in total. The van der Waals surface area contributed by atoms with Crippen molar-refractivity contribution >= 4 is 11.7 Å². The first-order valence-electron chi connectivity index (χ1n) is 12.2. The molecule has 3 aromatic carbocycles. The summed E-state index contributed by atoms with van der Waals surface area (Å²) in [5.74, 6) is 1.61. The van der Waals surface area contributed by atoms with Gasteiger partial charge in [0.2, 0.25) is 0 Å². The monoisotopic (exact) mass is 491 g/mol. The van der Waals surface area contributed by atoms with Crippen LogP contribution in [0.25, 0.3) is 0 Å². The SMILES string of the molecule is CC(C)(c1ccccc1)c1ccc(OCc2ccc(C(=O)Nc3ccn(Cc4ccccc4)n3)o2)cc1. The van der Waals surface area contributed by atoms with Crippen molar-refractivity contribution in [2.24, 2.45) is 0 Å². The van der Waals surface area contributed by atoms with Gasteiger partial charge in [-0.1, -0.05) is 86.6 Å². The van der Waals surface area contributed by atoms with Crippen LogP contribution >= 0.6 is 0 Å². The van der Waals surface area contributed by atoms with Crippen molar-refractivity contribution in [1.29, 1.82) is 0 Å². The highest BCUT2D eigenvalue weighted by atomic mass is 16.5. The first kappa shape index (κ1) is 24.1. The lowest BCUT2D eigenvalue weighted by atomic mass is 9.78. The van der Waals surface area contributed by atoms with Crippen LogP contribution < -0.4 is 10.1 Å². The van der Waals surface area contributed by atoms with Gasteiger partial charge in [0, 0.05) is 17.7 Å². The number of furan rings is 1. The van der Waals surface area contributed by atoms with E-state index < -0.39 is 0 Å². The van der Waals surface area contributed by atoms with Gasteiger partial charge in [-0.05, 0) is 41.0 Å². The molecule has 0 atom stereocenters. The van der Waals surface area contributed by atoms with E-state index in [-0.39, 0.29) is 23.7 Å². The van der Waals surface area contributed by atoms with Gasteiger partial charge in [-0.25, -0.2) is 0 Å². The summed E-state index contributed by atoms with van der Waals surface area (Å²) in [6.45, 7) is 5.27. The van der Waals surface area contributed by atoms with E-state index in [2.05, 4.69) is 60.7 Å². The maximum absolute atomic E-state index is 12.6. The molecular formula is C31H29N3O3. The zero-order valence-corrected chi connectivity index (χ0v) is 20.9. The Morgan fingerprint density at radius 1 is 0.865 bits per heavy atom. The van der Waals surface area contributed by atoms with Crippen LogP contribution in [0.2, 0.25) is 0 Å². The number of benzene rings is 3. The Morgan fingerprint density at radius 3 is 2.27 bits per heavy atom. The molecule has 0 unspecified atom stereocenters. The number of rotatable bonds is 9. The number of hydrogen-bond acceptors (Lipinski definition) is 4. The fraction of sp³-hybridized carbons (Fsp3) is 0.161. The number of ether oxygens (including phenoxy) is 1. The zero-order chi connectivity index (χ0) is 25.7. The lowest BCUT2D eigenvalue weighted by Gasteiger charge is -2.26. The van der Waals surface area contributed by atoms with E-state index in [1.165, 1.54) is 11.1 Å². The maximum Gasteiger partial charge on any atom is 0.292 e. The third-order valence-electron chi connectivity index (χ3n) is 6.41. The van der Waals surface area contributed by atoms with Gasteiger partial charge in [0.15, 0.2) is 11.6 Å². The predicted octanol–water partition coefficient (Wildman–Crippen LogP) is 6.68. The van der Waals surface area contributed by atoms with E-state index in [4.69, 9.17) is 9.15 Å². The van der Waals surface area contributed by atoms with E-state index >= 15 is 0 Å². The van der Waals surface area contributed by atoms with Crippen LogP contribution in [0.5, 0.6) is 5.75 Å². The van der Waals surface area contributed by atoms with Crippen LogP contribution in [0.4, 0.5) is 5.82 Å². The summed E-state index contributed by atoms with van der Waals surface area (Å²) in [7, 11) is 0. The fourth-order valence-corrected chi connectivity index (χ4v) is 4.19. The highest BCUT2D eigenvalue weighted by Crippen LogP contribution is 2.32. The van der Waals surface area contributed by atoms with Crippen LogP contribution in [0.1, 0.15) is 46.9 Å². The first-order valence-corrected chi connectivity index (χ1v) is 12.2. The number of carbonyl (C=O) groups excluding carboxylic acids is 1. The highest BCUT2D eigenvalue weighted by Gasteiger charge is 2.22. The summed E-state index contributed by atoms with van der Waals surface area (Å²) in [6, 6.07) is 33.7. The molecule has 0 fully saturated rings. The molecule has 0 aliphatic heterocycles. The molecule has 1 amide bonds. The molecule has 0 saturated carbocycles. The van der Waals surface area contributed by atoms with Crippen molar-refractivity contribution in [3.63, 3.8) is 0 Å². The molecule has 0 radical (unpaired) electrons. The van der Waals surface area contributed by atoms with Gasteiger partial charge >= 0.3 is 0 Å². The lowest BCUT2D eigenvalue weighted by molar-refractivity contribution is 0.0992. The number of nitrogens with zero attached hydrogens (tertiary/aromatic N) is 2. The van der Waals surface area contributed by atoms with Crippen LogP contribution in [0, 0.1) is 0 Å². The summed E-state index contributed by atoms with van der Waals surface area (Å²) in [5.41, 5.74) is 3.48. The molecule has 2 heterocycles. The molecular weight excluding hydrogens is 462 g/mol. The van der Waals surface area contributed by atoms with Crippen LogP contribution in [-0.4, -0.2) is 15.7 Å². The topological polar surface area (TPSA) is 69.3 Å². The average Bonchev–Trinajstić information content (AvgIpc) is 3.58. The van der Waals surface area contributed by atoms with E-state index in [9.17, 15) is 4.79 Å². The minimum atomic E-state index is -0.358. The van der Waals surface area contributed by atoms with E-state index in [1.807, 2.05) is 54.7 Å². The minimum absolute atomic E-state index is 0.111. The third kappa shape index (κ3) is 5.81. The van der Waals surface area contributed by atoms with Gasteiger partial charge in [-0.2, -0.15) is 5.10 Å². The fourth-order valence-electron chi connectivity index (χ4n) is 4.19. The molecule has 5 rings (SSSR count). The predicted molar refractivity (Wildman–Crippen MR) is 144 cm³/mol. The Hall–Kier alpha value is -4.58. The summed E-state index contributed by atoms with van der Waals surface area (Å²) in [6.07, 6.45) is 1.83. The number of anilines is 1. The number of carbonyl (C=O) groups is 1. The smallest absolute Gasteiger partial charge is 0.292 e. The van der Waals surface area contributed by atoms with Crippen molar-refractivity contribution < 1.29 is 13.9 Å². The van der Waals surface area contributed by atoms with Crippen LogP contribution in [0.3, 0.4) is 0 Å². The van der Waals surface area contributed by atoms with Crippen LogP contribution in [-0.2, 0) is 18.6 Å². The summed E-state index contributed by atoms with van der Waals surface area (Å²) >= 11 is 0. The Balaban J connectivity index is 1.15. The Bertz CT molecular complexity index is 1450. The largest absolute Gasteiger partial charge is 0.486 e. The maximum atomic E-state index is 12.6. The Labute approximate surface area is 216 Å². The normalized spacial score (nSPS) is 11.3. The van der Waals surface area contributed by atoms with E-state index in [0.717, 1.165) is 11.3 Å². The Morgan fingerprint density at radius 2 is 1.54 bits per heavy atom. The molecule has 0 saturated heterocycles. The molecule has 0 spiro atoms. The molecule has 5 aromatic rings. The Kier molecular flexibility index (Phi) is 6.90. The molecule has 0 aliphatic carbocycles. The zero-order valence-electron chi connectivity index (χ0n) is 20.9. The lowest BCUT2D eigenvalue weighted by Crippen LogP contribution is -2.18. The molecule has 2 aromatic heterocycles. The van der Waals surface area contributed by atoms with Crippen molar-refractivity contribution in [2.75, 3.05) is 5.32 Å². The van der Waals surface area contributed by atoms with Crippen molar-refractivity contribution in [3.05, 3.63) is 138 Å². The second kappa shape index (κ2) is 10.6. The van der Waals surface area contributed by atoms with E-state index in [1.54, 1.807) is 22.9 Å². The van der Waals surface area contributed by atoms with Gasteiger partial charge in [0.05, 0.1) is 6.54 Å². The van der Waals surface area contributed by atoms with Crippen molar-refractivity contribution in [2.45, 2.75) is 32.4 Å². The number of hydrogen-bond donors (Lipinski definition) is 1. The van der Waals surface area contributed by atoms with Crippen LogP contribution in [0.15, 0.2) is 114 Å². The van der Waals surface area contributed by atoms with Gasteiger partial charge in [-0.3, -0.25) is 9.48 Å². The summed E-state index contributed by atoms with van der Waals surface area (Å²) < 4.78 is 13.4. The summed E-state index contributed by atoms with van der Waals surface area (Å²) in [4.78, 5) is 12.6. The molecule has 6 nitrogen and oxygen atoms in total. The van der Waals surface area contributed by atoms with Gasteiger partial charge < -0.3 is 14.5 Å². The number of aromatic nitrogens is 2. The quantitative estimate of drug-likeness (QED) is 0.250. The second-order valence-corrected chi connectivity index (χ2v) is 9.41. The number of amides is 1. The van der Waals surface area contributed by atoms with Gasteiger partial charge in [0.1, 0.15) is 18.1 Å². The molecule has 0 bridgehead atoms. The first-order chi connectivity index (χ1) is 18.0. The molecule has 186 valence electrons. The molecule has 37 heavy (non-hydrogen) atoms. The van der Waals surface area contributed by atoms with Gasteiger partial charge in [-0.15, -0.1) is 0 Å². The number of nitrogens with one attached hydrogen (secondary N) is 1.